The van der Waals surface area contributed by atoms with Crippen LogP contribution in [0.1, 0.15) is 32.8 Å². The third-order valence-corrected chi connectivity index (χ3v) is 4.95. The van der Waals surface area contributed by atoms with E-state index in [4.69, 9.17) is 5.73 Å². The van der Waals surface area contributed by atoms with Gasteiger partial charge < -0.3 is 5.73 Å². The van der Waals surface area contributed by atoms with Crippen molar-refractivity contribution in [3.63, 3.8) is 0 Å². The van der Waals surface area contributed by atoms with Crippen LogP contribution in [0.5, 0.6) is 0 Å². The molecule has 0 saturated heterocycles. The molecule has 4 nitrogen and oxygen atoms in total. The fourth-order valence-corrected chi connectivity index (χ4v) is 3.08. The molecular weight excluding hydrogens is 267 g/mol. The molecule has 1 aromatic rings. The molecule has 0 aliphatic rings. The smallest absolute Gasteiger partial charge is 0.243 e. The zero-order valence-corrected chi connectivity index (χ0v) is 12.3. The zero-order valence-electron chi connectivity index (χ0n) is 11.5. The predicted molar refractivity (Wildman–Crippen MR) is 73.5 cm³/mol. The molecule has 6 heteroatoms. The van der Waals surface area contributed by atoms with Gasteiger partial charge in [0.05, 0.1) is 0 Å². The third-order valence-electron chi connectivity index (χ3n) is 3.36. The Balaban J connectivity index is 3.01. The molecule has 0 fully saturated rings. The number of hydrogen-bond donors (Lipinski definition) is 2. The van der Waals surface area contributed by atoms with Crippen LogP contribution in [0, 0.1) is 11.7 Å². The molecule has 0 amide bonds. The first kappa shape index (κ1) is 16.1. The molecule has 0 radical (unpaired) electrons. The van der Waals surface area contributed by atoms with Crippen molar-refractivity contribution in [3.8, 4) is 0 Å². The van der Waals surface area contributed by atoms with Crippen LogP contribution in [-0.2, 0) is 16.6 Å². The number of halogens is 1. The molecule has 2 unspecified atom stereocenters. The van der Waals surface area contributed by atoms with E-state index in [0.717, 1.165) is 12.5 Å². The molecule has 0 heterocycles. The zero-order chi connectivity index (χ0) is 14.6. The van der Waals surface area contributed by atoms with Gasteiger partial charge in [0.1, 0.15) is 10.7 Å². The molecular formula is C13H21FN2O2S. The summed E-state index contributed by atoms with van der Waals surface area (Å²) in [6.45, 7) is 5.87. The van der Waals surface area contributed by atoms with E-state index in [-0.39, 0.29) is 23.4 Å². The second kappa shape index (κ2) is 6.45. The quantitative estimate of drug-likeness (QED) is 0.841. The molecule has 0 aromatic heterocycles. The molecule has 3 N–H and O–H groups in total. The maximum absolute atomic E-state index is 13.8. The van der Waals surface area contributed by atoms with Crippen LogP contribution >= 0.6 is 0 Å². The van der Waals surface area contributed by atoms with E-state index in [9.17, 15) is 12.8 Å². The van der Waals surface area contributed by atoms with Gasteiger partial charge in [0.15, 0.2) is 0 Å². The van der Waals surface area contributed by atoms with Gasteiger partial charge in [0, 0.05) is 12.6 Å². The number of sulfonamides is 1. The lowest BCUT2D eigenvalue weighted by atomic mass is 10.0. The summed E-state index contributed by atoms with van der Waals surface area (Å²) in [7, 11) is -3.84. The summed E-state index contributed by atoms with van der Waals surface area (Å²) in [4.78, 5) is -0.333. The van der Waals surface area contributed by atoms with Crippen molar-refractivity contribution in [1.82, 2.24) is 4.72 Å². The molecule has 0 aliphatic heterocycles. The summed E-state index contributed by atoms with van der Waals surface area (Å²) in [5, 5.41) is 0. The van der Waals surface area contributed by atoms with Crippen molar-refractivity contribution in [2.45, 2.75) is 44.7 Å². The molecule has 108 valence electrons. The minimum Gasteiger partial charge on any atom is -0.326 e. The van der Waals surface area contributed by atoms with E-state index in [1.165, 1.54) is 12.1 Å². The molecule has 0 saturated carbocycles. The van der Waals surface area contributed by atoms with Crippen LogP contribution in [0.4, 0.5) is 4.39 Å². The molecule has 2 atom stereocenters. The highest BCUT2D eigenvalue weighted by molar-refractivity contribution is 7.89. The van der Waals surface area contributed by atoms with Crippen molar-refractivity contribution in [2.75, 3.05) is 0 Å². The van der Waals surface area contributed by atoms with Crippen molar-refractivity contribution in [3.05, 3.63) is 29.6 Å². The minimum absolute atomic E-state index is 0.175. The van der Waals surface area contributed by atoms with Crippen LogP contribution in [0.15, 0.2) is 23.1 Å². The van der Waals surface area contributed by atoms with Gasteiger partial charge in [-0.25, -0.2) is 17.5 Å². The second-order valence-electron chi connectivity index (χ2n) is 4.76. The van der Waals surface area contributed by atoms with E-state index in [1.54, 1.807) is 6.92 Å². The Morgan fingerprint density at radius 2 is 2.00 bits per heavy atom. The van der Waals surface area contributed by atoms with E-state index >= 15 is 0 Å². The average Bonchev–Trinajstić information content (AvgIpc) is 2.36. The highest BCUT2D eigenvalue weighted by Crippen LogP contribution is 2.18. The summed E-state index contributed by atoms with van der Waals surface area (Å²) < 4.78 is 40.5. The standard InChI is InChI=1S/C13H21FN2O2S/c1-4-9(2)10(3)16-19(17,18)13-6-5-11(8-15)7-12(13)14/h5-7,9-10,16H,4,8,15H2,1-3H3. The SMILES string of the molecule is CCC(C)C(C)NS(=O)(=O)c1ccc(CN)cc1F. The highest BCUT2D eigenvalue weighted by atomic mass is 32.2. The molecule has 0 bridgehead atoms. The van der Waals surface area contributed by atoms with Gasteiger partial charge in [-0.3, -0.25) is 0 Å². The number of benzene rings is 1. The van der Waals surface area contributed by atoms with Crippen LogP contribution < -0.4 is 10.5 Å². The Morgan fingerprint density at radius 1 is 1.37 bits per heavy atom. The van der Waals surface area contributed by atoms with Gasteiger partial charge in [-0.1, -0.05) is 26.3 Å². The van der Waals surface area contributed by atoms with Gasteiger partial charge in [-0.15, -0.1) is 0 Å². The molecule has 0 aliphatic carbocycles. The monoisotopic (exact) mass is 288 g/mol. The first-order valence-electron chi connectivity index (χ1n) is 6.32. The van der Waals surface area contributed by atoms with Gasteiger partial charge in [0.2, 0.25) is 10.0 Å². The predicted octanol–water partition coefficient (Wildman–Crippen LogP) is 2.00. The van der Waals surface area contributed by atoms with E-state index in [0.29, 0.717) is 5.56 Å². The summed E-state index contributed by atoms with van der Waals surface area (Å²) in [5.74, 6) is -0.590. The van der Waals surface area contributed by atoms with Gasteiger partial charge in [-0.05, 0) is 30.5 Å². The highest BCUT2D eigenvalue weighted by Gasteiger charge is 2.23. The van der Waals surface area contributed by atoms with E-state index in [1.807, 2.05) is 13.8 Å². The van der Waals surface area contributed by atoms with Crippen molar-refractivity contribution in [1.29, 1.82) is 0 Å². The Hall–Kier alpha value is -0.980. The largest absolute Gasteiger partial charge is 0.326 e. The van der Waals surface area contributed by atoms with Crippen LogP contribution in [0.25, 0.3) is 0 Å². The van der Waals surface area contributed by atoms with E-state index < -0.39 is 15.8 Å². The fourth-order valence-electron chi connectivity index (χ4n) is 1.67. The number of rotatable bonds is 6. The van der Waals surface area contributed by atoms with Crippen molar-refractivity contribution in [2.24, 2.45) is 11.7 Å². The number of nitrogens with one attached hydrogen (secondary N) is 1. The maximum atomic E-state index is 13.8. The lowest BCUT2D eigenvalue weighted by molar-refractivity contribution is 0.432. The summed E-state index contributed by atoms with van der Waals surface area (Å²) in [6.07, 6.45) is 0.846. The molecule has 0 spiro atoms. The van der Waals surface area contributed by atoms with Crippen LogP contribution in [0.3, 0.4) is 0 Å². The topological polar surface area (TPSA) is 72.2 Å². The first-order valence-corrected chi connectivity index (χ1v) is 7.81. The van der Waals surface area contributed by atoms with Gasteiger partial charge >= 0.3 is 0 Å². The normalized spacial score (nSPS) is 15.2. The minimum atomic E-state index is -3.84. The Morgan fingerprint density at radius 3 is 2.47 bits per heavy atom. The van der Waals surface area contributed by atoms with Crippen LogP contribution in [0.2, 0.25) is 0 Å². The fraction of sp³-hybridized carbons (Fsp3) is 0.538. The van der Waals surface area contributed by atoms with E-state index in [2.05, 4.69) is 4.72 Å². The Bertz CT molecular complexity index is 531. The van der Waals surface area contributed by atoms with Crippen molar-refractivity contribution >= 4 is 10.0 Å². The Kier molecular flexibility index (Phi) is 5.46. The molecule has 19 heavy (non-hydrogen) atoms. The van der Waals surface area contributed by atoms with Gasteiger partial charge in [0.25, 0.3) is 0 Å². The summed E-state index contributed by atoms with van der Waals surface area (Å²) in [6, 6.07) is 3.68. The summed E-state index contributed by atoms with van der Waals surface area (Å²) >= 11 is 0. The van der Waals surface area contributed by atoms with Gasteiger partial charge in [-0.2, -0.15) is 0 Å². The van der Waals surface area contributed by atoms with Crippen LogP contribution in [-0.4, -0.2) is 14.5 Å². The lowest BCUT2D eigenvalue weighted by Crippen LogP contribution is -2.37. The molecule has 1 rings (SSSR count). The maximum Gasteiger partial charge on any atom is 0.243 e. The molecule has 1 aromatic carbocycles. The second-order valence-corrected chi connectivity index (χ2v) is 6.45. The number of nitrogens with two attached hydrogens (primary N) is 1. The van der Waals surface area contributed by atoms with Crippen molar-refractivity contribution < 1.29 is 12.8 Å². The first-order chi connectivity index (χ1) is 8.81. The number of hydrogen-bond acceptors (Lipinski definition) is 3. The lowest BCUT2D eigenvalue weighted by Gasteiger charge is -2.20. The third kappa shape index (κ3) is 3.99. The average molecular weight is 288 g/mol. The Labute approximate surface area is 114 Å². The summed E-state index contributed by atoms with van der Waals surface area (Å²) in [5.41, 5.74) is 5.95.